The van der Waals surface area contributed by atoms with Crippen LogP contribution in [-0.4, -0.2) is 47.3 Å². The molecule has 4 heteroatoms. The summed E-state index contributed by atoms with van der Waals surface area (Å²) in [6.45, 7) is 2.09. The van der Waals surface area contributed by atoms with Crippen LogP contribution in [0, 0.1) is 5.92 Å². The summed E-state index contributed by atoms with van der Waals surface area (Å²) in [7, 11) is 0. The molecule has 1 saturated carbocycles. The molecule has 2 aromatic rings. The topological polar surface area (TPSA) is 40.6 Å². The lowest BCUT2D eigenvalue weighted by Crippen LogP contribution is -2.51. The van der Waals surface area contributed by atoms with Crippen molar-refractivity contribution >= 4 is 11.8 Å². The van der Waals surface area contributed by atoms with Crippen LogP contribution >= 0.6 is 0 Å². The molecule has 5 rings (SSSR count). The van der Waals surface area contributed by atoms with Crippen molar-refractivity contribution in [3.8, 4) is 0 Å². The van der Waals surface area contributed by atoms with Crippen LogP contribution in [0.1, 0.15) is 43.2 Å². The van der Waals surface area contributed by atoms with Gasteiger partial charge in [0.2, 0.25) is 11.8 Å². The minimum absolute atomic E-state index is 0.164. The average Bonchev–Trinajstić information content (AvgIpc) is 3.56. The van der Waals surface area contributed by atoms with Crippen LogP contribution in [0.2, 0.25) is 0 Å². The molecule has 0 spiro atoms. The van der Waals surface area contributed by atoms with E-state index < -0.39 is 0 Å². The molecule has 2 heterocycles. The molecule has 2 amide bonds. The van der Waals surface area contributed by atoms with Crippen LogP contribution < -0.4 is 0 Å². The number of hydrogen-bond donors (Lipinski definition) is 0. The molecule has 4 nitrogen and oxygen atoms in total. The van der Waals surface area contributed by atoms with Gasteiger partial charge in [-0.15, -0.1) is 0 Å². The van der Waals surface area contributed by atoms with Crippen LogP contribution in [0.4, 0.5) is 0 Å². The number of rotatable bonds is 4. The van der Waals surface area contributed by atoms with Crippen molar-refractivity contribution in [2.75, 3.05) is 19.6 Å². The van der Waals surface area contributed by atoms with Crippen LogP contribution in [-0.2, 0) is 15.0 Å². The van der Waals surface area contributed by atoms with Crippen molar-refractivity contribution in [2.24, 2.45) is 5.92 Å². The Kier molecular flexibility index (Phi) is 4.65. The van der Waals surface area contributed by atoms with Gasteiger partial charge in [0.05, 0.1) is 5.92 Å². The first-order valence-corrected chi connectivity index (χ1v) is 10.9. The van der Waals surface area contributed by atoms with Gasteiger partial charge in [0.15, 0.2) is 0 Å². The van der Waals surface area contributed by atoms with Gasteiger partial charge in [-0.05, 0) is 36.8 Å². The molecular formula is C25H28N2O2. The highest BCUT2D eigenvalue weighted by Crippen LogP contribution is 2.41. The molecule has 2 aromatic carbocycles. The van der Waals surface area contributed by atoms with E-state index in [0.717, 1.165) is 32.2 Å². The van der Waals surface area contributed by atoms with E-state index in [4.69, 9.17) is 0 Å². The highest BCUT2D eigenvalue weighted by Gasteiger charge is 2.45. The van der Waals surface area contributed by atoms with Crippen molar-refractivity contribution < 1.29 is 9.59 Å². The minimum atomic E-state index is -0.185. The summed E-state index contributed by atoms with van der Waals surface area (Å²) in [5.74, 6) is 0.156. The highest BCUT2D eigenvalue weighted by atomic mass is 16.2. The molecule has 0 radical (unpaired) electrons. The molecule has 0 N–H and O–H groups in total. The third kappa shape index (κ3) is 3.35. The average molecular weight is 389 g/mol. The maximum absolute atomic E-state index is 13.4. The number of hydrogen-bond acceptors (Lipinski definition) is 2. The summed E-state index contributed by atoms with van der Waals surface area (Å²) < 4.78 is 0. The van der Waals surface area contributed by atoms with Crippen molar-refractivity contribution in [3.63, 3.8) is 0 Å². The molecule has 0 unspecified atom stereocenters. The van der Waals surface area contributed by atoms with E-state index in [9.17, 15) is 9.59 Å². The van der Waals surface area contributed by atoms with E-state index in [2.05, 4.69) is 48.5 Å². The first kappa shape index (κ1) is 18.4. The maximum Gasteiger partial charge on any atom is 0.228 e. The summed E-state index contributed by atoms with van der Waals surface area (Å²) in [5, 5.41) is 0. The Balaban J connectivity index is 1.43. The van der Waals surface area contributed by atoms with Crippen molar-refractivity contribution in [1.29, 1.82) is 0 Å². The fraction of sp³-hybridized carbons (Fsp3) is 0.440. The van der Waals surface area contributed by atoms with Gasteiger partial charge in [-0.1, -0.05) is 60.7 Å². The fourth-order valence-corrected chi connectivity index (χ4v) is 5.29. The van der Waals surface area contributed by atoms with E-state index >= 15 is 0 Å². The Hall–Kier alpha value is -2.62. The lowest BCUT2D eigenvalue weighted by atomic mass is 9.69. The second-order valence-corrected chi connectivity index (χ2v) is 8.86. The number of nitrogens with zero attached hydrogens (tertiary/aromatic N) is 2. The van der Waals surface area contributed by atoms with Gasteiger partial charge in [-0.2, -0.15) is 0 Å². The molecule has 3 fully saturated rings. The van der Waals surface area contributed by atoms with Crippen molar-refractivity contribution in [1.82, 2.24) is 9.80 Å². The Morgan fingerprint density at radius 1 is 0.931 bits per heavy atom. The van der Waals surface area contributed by atoms with Gasteiger partial charge in [0, 0.05) is 37.5 Å². The van der Waals surface area contributed by atoms with Crippen LogP contribution in [0.15, 0.2) is 60.7 Å². The zero-order chi connectivity index (χ0) is 19.8. The van der Waals surface area contributed by atoms with Gasteiger partial charge in [-0.25, -0.2) is 0 Å². The lowest BCUT2D eigenvalue weighted by molar-refractivity contribution is -0.137. The highest BCUT2D eigenvalue weighted by molar-refractivity contribution is 5.89. The third-order valence-electron chi connectivity index (χ3n) is 6.95. The number of carbonyl (C=O) groups excluding carboxylic acids is 2. The zero-order valence-electron chi connectivity index (χ0n) is 16.8. The van der Waals surface area contributed by atoms with Crippen LogP contribution in [0.25, 0.3) is 0 Å². The predicted molar refractivity (Wildman–Crippen MR) is 112 cm³/mol. The molecule has 2 saturated heterocycles. The quantitative estimate of drug-likeness (QED) is 0.803. The van der Waals surface area contributed by atoms with Crippen LogP contribution in [0.5, 0.6) is 0 Å². The molecule has 2 aliphatic heterocycles. The van der Waals surface area contributed by atoms with E-state index in [1.807, 2.05) is 21.9 Å². The van der Waals surface area contributed by atoms with Crippen LogP contribution in [0.3, 0.4) is 0 Å². The summed E-state index contributed by atoms with van der Waals surface area (Å²) in [5.41, 5.74) is 2.35. The number of amides is 2. The monoisotopic (exact) mass is 388 g/mol. The van der Waals surface area contributed by atoms with E-state index in [1.54, 1.807) is 0 Å². The van der Waals surface area contributed by atoms with E-state index in [1.165, 1.54) is 11.1 Å². The van der Waals surface area contributed by atoms with E-state index in [0.29, 0.717) is 25.6 Å². The summed E-state index contributed by atoms with van der Waals surface area (Å²) in [6, 6.07) is 21.6. The molecule has 1 aliphatic carbocycles. The van der Waals surface area contributed by atoms with Gasteiger partial charge in [-0.3, -0.25) is 9.59 Å². The second-order valence-electron chi connectivity index (χ2n) is 8.86. The molecule has 3 aliphatic rings. The number of benzene rings is 2. The fourth-order valence-electron chi connectivity index (χ4n) is 5.29. The maximum atomic E-state index is 13.4. The minimum Gasteiger partial charge on any atom is -0.341 e. The van der Waals surface area contributed by atoms with Gasteiger partial charge in [0.25, 0.3) is 0 Å². The Morgan fingerprint density at radius 3 is 2.14 bits per heavy atom. The summed E-state index contributed by atoms with van der Waals surface area (Å²) in [6.07, 6.45) is 4.59. The number of likely N-dealkylation sites (tertiary alicyclic amines) is 2. The van der Waals surface area contributed by atoms with Crippen molar-refractivity contribution in [3.05, 3.63) is 71.8 Å². The standard InChI is InChI=1S/C25H28N2O2/c28-23-16-19(17-27(23)22-12-13-22)24(29)26-15-7-14-25(18-26,20-8-3-1-4-9-20)21-10-5-2-6-11-21/h1-6,8-11,19,22H,7,12-18H2/t19-/m0/s1. The Morgan fingerprint density at radius 2 is 1.55 bits per heavy atom. The largest absolute Gasteiger partial charge is 0.341 e. The second kappa shape index (κ2) is 7.33. The summed E-state index contributed by atoms with van der Waals surface area (Å²) >= 11 is 0. The normalized spacial score (nSPS) is 24.0. The van der Waals surface area contributed by atoms with Gasteiger partial charge in [0.1, 0.15) is 0 Å². The first-order chi connectivity index (χ1) is 14.2. The van der Waals surface area contributed by atoms with Crippen molar-refractivity contribution in [2.45, 2.75) is 43.6 Å². The number of carbonyl (C=O) groups is 2. The van der Waals surface area contributed by atoms with Gasteiger partial charge >= 0.3 is 0 Å². The Bertz CT molecular complexity index is 852. The van der Waals surface area contributed by atoms with E-state index in [-0.39, 0.29) is 23.1 Å². The smallest absolute Gasteiger partial charge is 0.228 e. The predicted octanol–water partition coefficient (Wildman–Crippen LogP) is 3.61. The number of piperidine rings is 1. The lowest BCUT2D eigenvalue weighted by Gasteiger charge is -2.44. The van der Waals surface area contributed by atoms with Gasteiger partial charge < -0.3 is 9.80 Å². The molecule has 0 aromatic heterocycles. The molecule has 150 valence electrons. The third-order valence-corrected chi connectivity index (χ3v) is 6.95. The summed E-state index contributed by atoms with van der Waals surface area (Å²) in [4.78, 5) is 29.8. The Labute approximate surface area is 172 Å². The molecule has 29 heavy (non-hydrogen) atoms. The molecular weight excluding hydrogens is 360 g/mol. The zero-order valence-corrected chi connectivity index (χ0v) is 16.8. The molecule has 1 atom stereocenters. The SMILES string of the molecule is O=C([C@H]1CC(=O)N(C2CC2)C1)N1CCCC(c2ccccc2)(c2ccccc2)C1. The molecule has 0 bridgehead atoms. The first-order valence-electron chi connectivity index (χ1n) is 10.9.